The van der Waals surface area contributed by atoms with Crippen LogP contribution in [0.3, 0.4) is 0 Å². The highest BCUT2D eigenvalue weighted by Crippen LogP contribution is 2.59. The second-order valence-corrected chi connectivity index (χ2v) is 6.97. The quantitative estimate of drug-likeness (QED) is 0.914. The van der Waals surface area contributed by atoms with Gasteiger partial charge >= 0.3 is 0 Å². The van der Waals surface area contributed by atoms with E-state index in [0.717, 1.165) is 19.5 Å². The Balaban J connectivity index is 1.43. The lowest BCUT2D eigenvalue weighted by atomic mass is 9.89. The summed E-state index contributed by atoms with van der Waals surface area (Å²) in [5.41, 5.74) is 4.62. The van der Waals surface area contributed by atoms with Crippen molar-refractivity contribution in [3.8, 4) is 0 Å². The summed E-state index contributed by atoms with van der Waals surface area (Å²) in [5, 5.41) is 3.41. The first-order valence-corrected chi connectivity index (χ1v) is 8.11. The number of ketones is 1. The summed E-state index contributed by atoms with van der Waals surface area (Å²) in [5.74, 6) is 0.850. The van der Waals surface area contributed by atoms with Crippen LogP contribution >= 0.6 is 0 Å². The number of carbonyl (C=O) groups excluding carboxylic acids is 1. The molecule has 1 aromatic carbocycles. The molecule has 1 aliphatic heterocycles. The summed E-state index contributed by atoms with van der Waals surface area (Å²) >= 11 is 0. The average molecular weight is 269 g/mol. The van der Waals surface area contributed by atoms with Gasteiger partial charge in [-0.25, -0.2) is 0 Å². The Morgan fingerprint density at radius 3 is 2.85 bits per heavy atom. The fourth-order valence-electron chi connectivity index (χ4n) is 4.34. The molecule has 2 nitrogen and oxygen atoms in total. The molecule has 4 rings (SSSR count). The van der Waals surface area contributed by atoms with Crippen LogP contribution in [-0.2, 0) is 24.1 Å². The molecule has 1 unspecified atom stereocenters. The van der Waals surface area contributed by atoms with Gasteiger partial charge in [0.2, 0.25) is 0 Å². The Hall–Kier alpha value is -1.15. The van der Waals surface area contributed by atoms with E-state index in [0.29, 0.717) is 23.5 Å². The first-order chi connectivity index (χ1) is 9.77. The molecule has 1 heterocycles. The minimum Gasteiger partial charge on any atom is -0.317 e. The van der Waals surface area contributed by atoms with E-state index < -0.39 is 0 Å². The number of nitrogens with one attached hydrogen (secondary N) is 1. The van der Waals surface area contributed by atoms with E-state index >= 15 is 0 Å². The highest BCUT2D eigenvalue weighted by atomic mass is 16.1. The molecule has 2 aliphatic carbocycles. The number of piperidine rings is 1. The summed E-state index contributed by atoms with van der Waals surface area (Å²) in [7, 11) is 0. The van der Waals surface area contributed by atoms with E-state index in [1.165, 1.54) is 48.8 Å². The van der Waals surface area contributed by atoms with Crippen molar-refractivity contribution >= 4 is 5.78 Å². The Kier molecular flexibility index (Phi) is 2.95. The van der Waals surface area contributed by atoms with Gasteiger partial charge in [0, 0.05) is 12.3 Å². The lowest BCUT2D eigenvalue weighted by Crippen LogP contribution is -2.30. The monoisotopic (exact) mass is 269 g/mol. The summed E-state index contributed by atoms with van der Waals surface area (Å²) in [4.78, 5) is 12.5. The number of fused-ring (bicyclic) bond motifs is 1. The molecule has 2 heteroatoms. The summed E-state index contributed by atoms with van der Waals surface area (Å²) in [6, 6.07) is 6.72. The molecule has 1 aromatic rings. The fourth-order valence-corrected chi connectivity index (χ4v) is 4.34. The second-order valence-electron chi connectivity index (χ2n) is 6.97. The second kappa shape index (κ2) is 4.70. The number of hydrogen-bond donors (Lipinski definition) is 1. The Labute approximate surface area is 121 Å². The van der Waals surface area contributed by atoms with Crippen molar-refractivity contribution in [3.05, 3.63) is 34.9 Å². The molecule has 0 amide bonds. The van der Waals surface area contributed by atoms with Crippen LogP contribution in [0.25, 0.3) is 0 Å². The number of aryl methyl sites for hydroxylation is 2. The lowest BCUT2D eigenvalue weighted by molar-refractivity contribution is -0.120. The molecule has 1 N–H and O–H groups in total. The molecule has 2 fully saturated rings. The maximum Gasteiger partial charge on any atom is 0.140 e. The SMILES string of the molecule is O=C(Cc1ccc2c(c1)CCC2)C1CC12CCNCC2. The molecule has 1 spiro atoms. The predicted octanol–water partition coefficient (Wildman–Crippen LogP) is 2.68. The molecule has 3 aliphatic rings. The van der Waals surface area contributed by atoms with E-state index in [9.17, 15) is 4.79 Å². The third-order valence-corrected chi connectivity index (χ3v) is 5.72. The van der Waals surface area contributed by atoms with Crippen molar-refractivity contribution in [2.45, 2.75) is 44.9 Å². The molecule has 20 heavy (non-hydrogen) atoms. The molecular formula is C18H23NO. The van der Waals surface area contributed by atoms with E-state index in [1.54, 1.807) is 0 Å². The molecule has 0 bridgehead atoms. The van der Waals surface area contributed by atoms with Gasteiger partial charge in [0.05, 0.1) is 0 Å². The highest BCUT2D eigenvalue weighted by molar-refractivity contribution is 5.86. The van der Waals surface area contributed by atoms with Crippen molar-refractivity contribution in [2.24, 2.45) is 11.3 Å². The number of Topliss-reactive ketones (excluding diaryl/α,β-unsaturated/α-hetero) is 1. The lowest BCUT2D eigenvalue weighted by Gasteiger charge is -2.23. The number of carbonyl (C=O) groups is 1. The molecule has 1 atom stereocenters. The Bertz CT molecular complexity index is 542. The largest absolute Gasteiger partial charge is 0.317 e. The predicted molar refractivity (Wildman–Crippen MR) is 79.8 cm³/mol. The van der Waals surface area contributed by atoms with Gasteiger partial charge in [0.1, 0.15) is 5.78 Å². The third kappa shape index (κ3) is 2.10. The van der Waals surface area contributed by atoms with Gasteiger partial charge in [-0.2, -0.15) is 0 Å². The van der Waals surface area contributed by atoms with Crippen molar-refractivity contribution in [1.82, 2.24) is 5.32 Å². The Morgan fingerprint density at radius 2 is 2.00 bits per heavy atom. The van der Waals surface area contributed by atoms with Crippen LogP contribution in [0.5, 0.6) is 0 Å². The van der Waals surface area contributed by atoms with Crippen LogP contribution in [0.2, 0.25) is 0 Å². The van der Waals surface area contributed by atoms with E-state index in [4.69, 9.17) is 0 Å². The smallest absolute Gasteiger partial charge is 0.140 e. The fraction of sp³-hybridized carbons (Fsp3) is 0.611. The van der Waals surface area contributed by atoms with Gasteiger partial charge in [0.25, 0.3) is 0 Å². The maximum absolute atomic E-state index is 12.5. The summed E-state index contributed by atoms with van der Waals surface area (Å²) in [6.07, 6.45) is 7.93. The zero-order valence-corrected chi connectivity index (χ0v) is 12.1. The average Bonchev–Trinajstić information content (AvgIpc) is 2.96. The van der Waals surface area contributed by atoms with E-state index in [1.807, 2.05) is 0 Å². The topological polar surface area (TPSA) is 29.1 Å². The van der Waals surface area contributed by atoms with Gasteiger partial charge in [-0.15, -0.1) is 0 Å². The first kappa shape index (κ1) is 12.6. The van der Waals surface area contributed by atoms with Crippen LogP contribution in [-0.4, -0.2) is 18.9 Å². The molecule has 106 valence electrons. The van der Waals surface area contributed by atoms with Gasteiger partial charge < -0.3 is 5.32 Å². The maximum atomic E-state index is 12.5. The zero-order chi connectivity index (χ0) is 13.6. The Morgan fingerprint density at radius 1 is 1.20 bits per heavy atom. The number of rotatable bonds is 3. The van der Waals surface area contributed by atoms with Crippen molar-refractivity contribution < 1.29 is 4.79 Å². The van der Waals surface area contributed by atoms with Crippen LogP contribution in [0.1, 0.15) is 42.4 Å². The minimum atomic E-state index is 0.359. The minimum absolute atomic E-state index is 0.359. The third-order valence-electron chi connectivity index (χ3n) is 5.72. The molecule has 1 saturated carbocycles. The van der Waals surface area contributed by atoms with Crippen LogP contribution in [0.15, 0.2) is 18.2 Å². The van der Waals surface area contributed by atoms with Gasteiger partial charge in [-0.05, 0) is 73.7 Å². The van der Waals surface area contributed by atoms with E-state index in [2.05, 4.69) is 23.5 Å². The first-order valence-electron chi connectivity index (χ1n) is 8.11. The number of hydrogen-bond acceptors (Lipinski definition) is 2. The molecular weight excluding hydrogens is 246 g/mol. The summed E-state index contributed by atoms with van der Waals surface area (Å²) < 4.78 is 0. The van der Waals surface area contributed by atoms with Crippen LogP contribution in [0.4, 0.5) is 0 Å². The zero-order valence-electron chi connectivity index (χ0n) is 12.1. The highest BCUT2D eigenvalue weighted by Gasteiger charge is 2.56. The normalized spacial score (nSPS) is 26.5. The van der Waals surface area contributed by atoms with E-state index in [-0.39, 0.29) is 0 Å². The van der Waals surface area contributed by atoms with Crippen LogP contribution < -0.4 is 5.32 Å². The van der Waals surface area contributed by atoms with Crippen molar-refractivity contribution in [3.63, 3.8) is 0 Å². The van der Waals surface area contributed by atoms with Crippen molar-refractivity contribution in [1.29, 1.82) is 0 Å². The van der Waals surface area contributed by atoms with Gasteiger partial charge in [-0.1, -0.05) is 18.2 Å². The molecule has 1 saturated heterocycles. The van der Waals surface area contributed by atoms with Crippen molar-refractivity contribution in [2.75, 3.05) is 13.1 Å². The van der Waals surface area contributed by atoms with Gasteiger partial charge in [-0.3, -0.25) is 4.79 Å². The summed E-state index contributed by atoms with van der Waals surface area (Å²) in [6.45, 7) is 2.20. The molecule has 0 radical (unpaired) electrons. The standard InChI is InChI=1S/C18H23NO/c20-17(16-12-18(16)6-8-19-9-7-18)11-13-4-5-14-2-1-3-15(14)10-13/h4-5,10,16,19H,1-3,6-9,11-12H2. The van der Waals surface area contributed by atoms with Crippen LogP contribution in [0, 0.1) is 11.3 Å². The molecule has 0 aromatic heterocycles. The van der Waals surface area contributed by atoms with Gasteiger partial charge in [0.15, 0.2) is 0 Å². The number of benzene rings is 1.